The summed E-state index contributed by atoms with van der Waals surface area (Å²) in [5, 5.41) is 2.64. The molecule has 30 heavy (non-hydrogen) atoms. The monoisotopic (exact) mass is 450 g/mol. The van der Waals surface area contributed by atoms with Crippen LogP contribution in [0.3, 0.4) is 0 Å². The summed E-state index contributed by atoms with van der Waals surface area (Å²) in [4.78, 5) is 13.5. The van der Waals surface area contributed by atoms with Crippen LogP contribution in [0.2, 0.25) is 0 Å². The van der Waals surface area contributed by atoms with Gasteiger partial charge in [-0.1, -0.05) is 18.2 Å². The Bertz CT molecular complexity index is 914. The van der Waals surface area contributed by atoms with Crippen LogP contribution in [0.5, 0.6) is 5.75 Å². The summed E-state index contributed by atoms with van der Waals surface area (Å²) < 4.78 is 37.5. The number of hydrogen-bond acceptors (Lipinski definition) is 6. The molecule has 1 aliphatic rings. The maximum absolute atomic E-state index is 12.6. The molecule has 0 bridgehead atoms. The number of carbonyl (C=O) groups is 1. The molecule has 1 saturated heterocycles. The lowest BCUT2D eigenvalue weighted by atomic mass is 10.3. The largest absolute Gasteiger partial charge is 0.492 e. The number of hydrogen-bond donors (Lipinski definition) is 1. The Morgan fingerprint density at radius 1 is 1.13 bits per heavy atom. The third-order valence-corrected chi connectivity index (χ3v) is 7.55. The van der Waals surface area contributed by atoms with E-state index < -0.39 is 10.0 Å². The van der Waals surface area contributed by atoms with Gasteiger partial charge in [0.2, 0.25) is 15.9 Å². The number of ether oxygens (including phenoxy) is 2. The molecule has 0 aliphatic carbocycles. The van der Waals surface area contributed by atoms with E-state index in [0.29, 0.717) is 45.2 Å². The summed E-state index contributed by atoms with van der Waals surface area (Å²) in [6.45, 7) is 4.07. The number of carbonyl (C=O) groups excluding carboxylic acids is 1. The van der Waals surface area contributed by atoms with Gasteiger partial charge in [-0.25, -0.2) is 8.42 Å². The summed E-state index contributed by atoms with van der Waals surface area (Å²) in [6.07, 6.45) is 0. The molecular formula is C21H26N2O5S2. The van der Waals surface area contributed by atoms with Crippen molar-refractivity contribution < 1.29 is 22.7 Å². The van der Waals surface area contributed by atoms with E-state index in [1.807, 2.05) is 37.3 Å². The molecule has 1 fully saturated rings. The van der Waals surface area contributed by atoms with Gasteiger partial charge in [-0.05, 0) is 43.3 Å². The SMILES string of the molecule is CC(Sc1ccccc1)C(=O)NCCOc1ccc(S(=O)(=O)N2CCOCC2)cc1. The molecule has 9 heteroatoms. The summed E-state index contributed by atoms with van der Waals surface area (Å²) >= 11 is 1.50. The molecule has 1 N–H and O–H groups in total. The predicted molar refractivity (Wildman–Crippen MR) is 116 cm³/mol. The number of rotatable bonds is 9. The topological polar surface area (TPSA) is 84.9 Å². The second-order valence-corrected chi connectivity index (χ2v) is 10.1. The van der Waals surface area contributed by atoms with Crippen molar-refractivity contribution in [1.29, 1.82) is 0 Å². The predicted octanol–water partition coefficient (Wildman–Crippen LogP) is 2.38. The highest BCUT2D eigenvalue weighted by Gasteiger charge is 2.26. The molecule has 0 radical (unpaired) electrons. The van der Waals surface area contributed by atoms with Gasteiger partial charge in [0.25, 0.3) is 0 Å². The highest BCUT2D eigenvalue weighted by Crippen LogP contribution is 2.23. The van der Waals surface area contributed by atoms with E-state index in [2.05, 4.69) is 5.32 Å². The lowest BCUT2D eigenvalue weighted by Gasteiger charge is -2.26. The van der Waals surface area contributed by atoms with Crippen LogP contribution in [0.25, 0.3) is 0 Å². The summed E-state index contributed by atoms with van der Waals surface area (Å²) in [5.41, 5.74) is 0. The maximum Gasteiger partial charge on any atom is 0.243 e. The molecule has 1 atom stereocenters. The molecule has 7 nitrogen and oxygen atoms in total. The normalized spacial score (nSPS) is 16.0. The first-order chi connectivity index (χ1) is 14.5. The van der Waals surface area contributed by atoms with Gasteiger partial charge in [-0.3, -0.25) is 4.79 Å². The fourth-order valence-corrected chi connectivity index (χ4v) is 5.21. The minimum absolute atomic E-state index is 0.0561. The van der Waals surface area contributed by atoms with Crippen molar-refractivity contribution in [2.75, 3.05) is 39.5 Å². The fourth-order valence-electron chi connectivity index (χ4n) is 2.89. The van der Waals surface area contributed by atoms with Crippen LogP contribution in [0.1, 0.15) is 6.92 Å². The fraction of sp³-hybridized carbons (Fsp3) is 0.381. The average Bonchev–Trinajstić information content (AvgIpc) is 2.78. The number of benzene rings is 2. The zero-order valence-corrected chi connectivity index (χ0v) is 18.5. The molecule has 162 valence electrons. The number of sulfonamides is 1. The zero-order valence-electron chi connectivity index (χ0n) is 16.8. The smallest absolute Gasteiger partial charge is 0.243 e. The minimum atomic E-state index is -3.51. The van der Waals surface area contributed by atoms with Crippen molar-refractivity contribution in [3.8, 4) is 5.75 Å². The van der Waals surface area contributed by atoms with E-state index in [-0.39, 0.29) is 16.1 Å². The third-order valence-electron chi connectivity index (χ3n) is 4.53. The van der Waals surface area contributed by atoms with Crippen molar-refractivity contribution >= 4 is 27.7 Å². The molecule has 1 heterocycles. The Balaban J connectivity index is 1.42. The number of thioether (sulfide) groups is 1. The van der Waals surface area contributed by atoms with Gasteiger partial charge in [-0.15, -0.1) is 11.8 Å². The highest BCUT2D eigenvalue weighted by atomic mass is 32.2. The number of nitrogens with zero attached hydrogens (tertiary/aromatic N) is 1. The maximum atomic E-state index is 12.6. The Labute approximate surface area is 181 Å². The summed E-state index contributed by atoms with van der Waals surface area (Å²) in [5.74, 6) is 0.497. The molecular weight excluding hydrogens is 424 g/mol. The van der Waals surface area contributed by atoms with E-state index in [0.717, 1.165) is 4.90 Å². The summed E-state index contributed by atoms with van der Waals surface area (Å²) in [7, 11) is -3.51. The Morgan fingerprint density at radius 2 is 1.80 bits per heavy atom. The van der Waals surface area contributed by atoms with E-state index in [1.165, 1.54) is 28.2 Å². The molecule has 2 aromatic carbocycles. The molecule has 3 rings (SSSR count). The Kier molecular flexibility index (Phi) is 8.15. The van der Waals surface area contributed by atoms with Crippen LogP contribution >= 0.6 is 11.8 Å². The van der Waals surface area contributed by atoms with Crippen LogP contribution in [-0.4, -0.2) is 63.3 Å². The lowest BCUT2D eigenvalue weighted by molar-refractivity contribution is -0.120. The van der Waals surface area contributed by atoms with Crippen LogP contribution < -0.4 is 10.1 Å². The van der Waals surface area contributed by atoms with Crippen LogP contribution in [0.4, 0.5) is 0 Å². The number of nitrogens with one attached hydrogen (secondary N) is 1. The molecule has 0 saturated carbocycles. The Hall–Kier alpha value is -2.07. The number of amides is 1. The van der Waals surface area contributed by atoms with Crippen molar-refractivity contribution in [2.24, 2.45) is 0 Å². The van der Waals surface area contributed by atoms with Crippen molar-refractivity contribution in [3.05, 3.63) is 54.6 Å². The molecule has 2 aromatic rings. The van der Waals surface area contributed by atoms with Crippen LogP contribution in [-0.2, 0) is 19.6 Å². The van der Waals surface area contributed by atoms with Crippen molar-refractivity contribution in [1.82, 2.24) is 9.62 Å². The van der Waals surface area contributed by atoms with Crippen molar-refractivity contribution in [3.63, 3.8) is 0 Å². The second kappa shape index (κ2) is 10.8. The van der Waals surface area contributed by atoms with Gasteiger partial charge >= 0.3 is 0 Å². The first kappa shape index (κ1) is 22.6. The van der Waals surface area contributed by atoms with Gasteiger partial charge in [0.05, 0.1) is 29.9 Å². The zero-order chi connectivity index (χ0) is 21.4. The van der Waals surface area contributed by atoms with E-state index in [9.17, 15) is 13.2 Å². The van der Waals surface area contributed by atoms with Gasteiger partial charge in [0.1, 0.15) is 12.4 Å². The number of morpholine rings is 1. The molecule has 1 amide bonds. The quantitative estimate of drug-likeness (QED) is 0.466. The van der Waals surface area contributed by atoms with Gasteiger partial charge in [-0.2, -0.15) is 4.31 Å². The standard InChI is InChI=1S/C21H26N2O5S2/c1-17(29-19-5-3-2-4-6-19)21(24)22-11-14-28-18-7-9-20(10-8-18)30(25,26)23-12-15-27-16-13-23/h2-10,17H,11-16H2,1H3,(H,22,24). The second-order valence-electron chi connectivity index (χ2n) is 6.70. The van der Waals surface area contributed by atoms with Gasteiger partial charge < -0.3 is 14.8 Å². The molecule has 1 aliphatic heterocycles. The van der Waals surface area contributed by atoms with Crippen LogP contribution in [0.15, 0.2) is 64.4 Å². The average molecular weight is 451 g/mol. The minimum Gasteiger partial charge on any atom is -0.492 e. The molecule has 1 unspecified atom stereocenters. The Morgan fingerprint density at radius 3 is 2.47 bits per heavy atom. The first-order valence-electron chi connectivity index (χ1n) is 9.77. The van der Waals surface area contributed by atoms with E-state index in [1.54, 1.807) is 12.1 Å². The van der Waals surface area contributed by atoms with E-state index >= 15 is 0 Å². The molecule has 0 aromatic heterocycles. The summed E-state index contributed by atoms with van der Waals surface area (Å²) in [6, 6.07) is 16.1. The highest BCUT2D eigenvalue weighted by molar-refractivity contribution is 8.00. The van der Waals surface area contributed by atoms with Crippen molar-refractivity contribution in [2.45, 2.75) is 22.0 Å². The third kappa shape index (κ3) is 6.21. The van der Waals surface area contributed by atoms with E-state index in [4.69, 9.17) is 9.47 Å². The van der Waals surface area contributed by atoms with Crippen LogP contribution in [0, 0.1) is 0 Å². The first-order valence-corrected chi connectivity index (χ1v) is 12.1. The van der Waals surface area contributed by atoms with Gasteiger partial charge in [0, 0.05) is 18.0 Å². The lowest BCUT2D eigenvalue weighted by Crippen LogP contribution is -2.40. The van der Waals surface area contributed by atoms with Gasteiger partial charge in [0.15, 0.2) is 0 Å². The molecule has 0 spiro atoms.